The van der Waals surface area contributed by atoms with Crippen LogP contribution in [0.5, 0.6) is 0 Å². The summed E-state index contributed by atoms with van der Waals surface area (Å²) < 4.78 is 11.3. The fourth-order valence-electron chi connectivity index (χ4n) is 3.30. The van der Waals surface area contributed by atoms with E-state index in [-0.39, 0.29) is 6.09 Å². The van der Waals surface area contributed by atoms with Gasteiger partial charge in [-0.2, -0.15) is 0 Å². The predicted molar refractivity (Wildman–Crippen MR) is 91.5 cm³/mol. The summed E-state index contributed by atoms with van der Waals surface area (Å²) in [4.78, 5) is 13.9. The molecule has 3 unspecified atom stereocenters. The number of rotatable bonds is 4. The second-order valence-corrected chi connectivity index (χ2v) is 8.36. The zero-order valence-corrected chi connectivity index (χ0v) is 15.4. The lowest BCUT2D eigenvalue weighted by molar-refractivity contribution is -0.0247. The molecule has 2 fully saturated rings. The van der Waals surface area contributed by atoms with E-state index in [1.165, 1.54) is 0 Å². The van der Waals surface area contributed by atoms with Gasteiger partial charge in [-0.25, -0.2) is 4.79 Å². The quantitative estimate of drug-likeness (QED) is 0.863. The lowest BCUT2D eigenvalue weighted by Gasteiger charge is -2.33. The number of carbonyl (C=O) groups excluding carboxylic acids is 1. The van der Waals surface area contributed by atoms with Crippen molar-refractivity contribution >= 4 is 6.09 Å². The van der Waals surface area contributed by atoms with Crippen LogP contribution < -0.4 is 5.32 Å². The Morgan fingerprint density at radius 1 is 1.35 bits per heavy atom. The first-order valence-corrected chi connectivity index (χ1v) is 9.07. The van der Waals surface area contributed by atoms with Crippen LogP contribution in [0.3, 0.4) is 0 Å². The van der Waals surface area contributed by atoms with Crippen molar-refractivity contribution in [3.63, 3.8) is 0 Å². The Labute approximate surface area is 141 Å². The minimum atomic E-state index is -0.415. The van der Waals surface area contributed by atoms with Gasteiger partial charge in [0.2, 0.25) is 0 Å². The van der Waals surface area contributed by atoms with Gasteiger partial charge < -0.3 is 19.7 Å². The van der Waals surface area contributed by atoms with Gasteiger partial charge in [0.15, 0.2) is 0 Å². The number of hydrogen-bond donors (Lipinski definition) is 1. The molecule has 0 bridgehead atoms. The highest BCUT2D eigenvalue weighted by molar-refractivity contribution is 5.68. The molecule has 2 aliphatic rings. The second-order valence-electron chi connectivity index (χ2n) is 8.36. The molecule has 0 aromatic carbocycles. The molecular weight excluding hydrogens is 292 g/mol. The molecule has 2 heterocycles. The second kappa shape index (κ2) is 7.84. The van der Waals surface area contributed by atoms with E-state index in [1.54, 1.807) is 0 Å². The Hall–Kier alpha value is -0.810. The molecule has 1 amide bonds. The monoisotopic (exact) mass is 326 g/mol. The number of nitrogens with zero attached hydrogens (tertiary/aromatic N) is 1. The zero-order chi connectivity index (χ0) is 17.0. The highest BCUT2D eigenvalue weighted by Gasteiger charge is 2.31. The van der Waals surface area contributed by atoms with Crippen LogP contribution in [0.1, 0.15) is 53.9 Å². The van der Waals surface area contributed by atoms with Crippen LogP contribution in [0.15, 0.2) is 0 Å². The molecule has 5 nitrogen and oxygen atoms in total. The molecule has 0 aromatic heterocycles. The SMILES string of the molecule is CC(C)C1CC(NCC2CCN(C(=O)OC(C)(C)C)C2)CCO1. The van der Waals surface area contributed by atoms with Gasteiger partial charge in [0.1, 0.15) is 5.60 Å². The number of nitrogens with one attached hydrogen (secondary N) is 1. The van der Waals surface area contributed by atoms with Crippen molar-refractivity contribution in [3.8, 4) is 0 Å². The molecule has 5 heteroatoms. The van der Waals surface area contributed by atoms with Crippen molar-refractivity contribution in [3.05, 3.63) is 0 Å². The van der Waals surface area contributed by atoms with Gasteiger partial charge in [-0.1, -0.05) is 13.8 Å². The van der Waals surface area contributed by atoms with Crippen LogP contribution in [-0.4, -0.2) is 55.0 Å². The Balaban J connectivity index is 1.70. The highest BCUT2D eigenvalue weighted by atomic mass is 16.6. The van der Waals surface area contributed by atoms with Crippen molar-refractivity contribution < 1.29 is 14.3 Å². The summed E-state index contributed by atoms with van der Waals surface area (Å²) in [5.41, 5.74) is -0.415. The maximum atomic E-state index is 12.1. The minimum absolute atomic E-state index is 0.175. The molecule has 1 N–H and O–H groups in total. The standard InChI is InChI=1S/C18H34N2O3/c1-13(2)16-10-15(7-9-22-16)19-11-14-6-8-20(12-14)17(21)23-18(3,4)5/h13-16,19H,6-12H2,1-5H3. The minimum Gasteiger partial charge on any atom is -0.444 e. The predicted octanol–water partition coefficient (Wildman–Crippen LogP) is 3.04. The summed E-state index contributed by atoms with van der Waals surface area (Å²) in [7, 11) is 0. The van der Waals surface area contributed by atoms with Crippen LogP contribution in [0.4, 0.5) is 4.79 Å². The zero-order valence-electron chi connectivity index (χ0n) is 15.4. The molecule has 2 aliphatic heterocycles. The average Bonchev–Trinajstić information content (AvgIpc) is 2.92. The van der Waals surface area contributed by atoms with Crippen LogP contribution in [0.25, 0.3) is 0 Å². The average molecular weight is 326 g/mol. The van der Waals surface area contributed by atoms with Gasteiger partial charge in [0.05, 0.1) is 6.10 Å². The number of hydrogen-bond acceptors (Lipinski definition) is 4. The Kier molecular flexibility index (Phi) is 6.32. The van der Waals surface area contributed by atoms with E-state index in [4.69, 9.17) is 9.47 Å². The molecular formula is C18H34N2O3. The first kappa shape index (κ1) is 18.5. The normalized spacial score (nSPS) is 29.1. The smallest absolute Gasteiger partial charge is 0.410 e. The van der Waals surface area contributed by atoms with E-state index in [1.807, 2.05) is 25.7 Å². The molecule has 2 saturated heterocycles. The molecule has 0 radical (unpaired) electrons. The maximum absolute atomic E-state index is 12.1. The fourth-order valence-corrected chi connectivity index (χ4v) is 3.30. The van der Waals surface area contributed by atoms with E-state index in [0.717, 1.165) is 45.5 Å². The third-order valence-electron chi connectivity index (χ3n) is 4.69. The topological polar surface area (TPSA) is 50.8 Å². The van der Waals surface area contributed by atoms with Crippen molar-refractivity contribution in [2.45, 2.75) is 71.6 Å². The Morgan fingerprint density at radius 3 is 2.74 bits per heavy atom. The third-order valence-corrected chi connectivity index (χ3v) is 4.69. The van der Waals surface area contributed by atoms with Crippen LogP contribution in [-0.2, 0) is 9.47 Å². The molecule has 0 aliphatic carbocycles. The fraction of sp³-hybridized carbons (Fsp3) is 0.944. The Bertz CT molecular complexity index is 392. The number of likely N-dealkylation sites (tertiary alicyclic amines) is 1. The first-order chi connectivity index (χ1) is 10.7. The van der Waals surface area contributed by atoms with Gasteiger partial charge in [0, 0.05) is 25.7 Å². The van der Waals surface area contributed by atoms with E-state index in [2.05, 4.69) is 19.2 Å². The maximum Gasteiger partial charge on any atom is 0.410 e. The van der Waals surface area contributed by atoms with Crippen molar-refractivity contribution in [1.82, 2.24) is 10.2 Å². The van der Waals surface area contributed by atoms with Crippen LogP contribution >= 0.6 is 0 Å². The molecule has 3 atom stereocenters. The van der Waals surface area contributed by atoms with E-state index in [0.29, 0.717) is 24.0 Å². The molecule has 0 spiro atoms. The summed E-state index contributed by atoms with van der Waals surface area (Å²) in [6.45, 7) is 13.6. The number of carbonyl (C=O) groups is 1. The molecule has 23 heavy (non-hydrogen) atoms. The van der Waals surface area contributed by atoms with Crippen molar-refractivity contribution in [1.29, 1.82) is 0 Å². The first-order valence-electron chi connectivity index (χ1n) is 9.07. The van der Waals surface area contributed by atoms with Gasteiger partial charge in [-0.3, -0.25) is 0 Å². The Morgan fingerprint density at radius 2 is 2.09 bits per heavy atom. The summed E-state index contributed by atoms with van der Waals surface area (Å²) in [5, 5.41) is 3.70. The number of ether oxygens (including phenoxy) is 2. The molecule has 134 valence electrons. The molecule has 2 rings (SSSR count). The summed E-state index contributed by atoms with van der Waals surface area (Å²) in [6.07, 6.45) is 3.45. The van der Waals surface area contributed by atoms with Gasteiger partial charge in [-0.05, 0) is 58.4 Å². The highest BCUT2D eigenvalue weighted by Crippen LogP contribution is 2.22. The third kappa shape index (κ3) is 5.96. The van der Waals surface area contributed by atoms with E-state index in [9.17, 15) is 4.79 Å². The lowest BCUT2D eigenvalue weighted by atomic mass is 9.95. The largest absolute Gasteiger partial charge is 0.444 e. The molecule has 0 saturated carbocycles. The van der Waals surface area contributed by atoms with Crippen LogP contribution in [0.2, 0.25) is 0 Å². The van der Waals surface area contributed by atoms with Crippen molar-refractivity contribution in [2.75, 3.05) is 26.2 Å². The van der Waals surface area contributed by atoms with E-state index < -0.39 is 5.60 Å². The van der Waals surface area contributed by atoms with Crippen LogP contribution in [0, 0.1) is 11.8 Å². The van der Waals surface area contributed by atoms with Gasteiger partial charge in [0.25, 0.3) is 0 Å². The van der Waals surface area contributed by atoms with Gasteiger partial charge in [-0.15, -0.1) is 0 Å². The van der Waals surface area contributed by atoms with E-state index >= 15 is 0 Å². The summed E-state index contributed by atoms with van der Waals surface area (Å²) in [6, 6.07) is 0.548. The van der Waals surface area contributed by atoms with Crippen molar-refractivity contribution in [2.24, 2.45) is 11.8 Å². The molecule has 0 aromatic rings. The van der Waals surface area contributed by atoms with Gasteiger partial charge >= 0.3 is 6.09 Å². The summed E-state index contributed by atoms with van der Waals surface area (Å²) in [5.74, 6) is 1.11. The lowest BCUT2D eigenvalue weighted by Crippen LogP contribution is -2.43. The number of amides is 1. The summed E-state index contributed by atoms with van der Waals surface area (Å²) >= 11 is 0.